The van der Waals surface area contributed by atoms with Crippen molar-refractivity contribution in [2.45, 2.75) is 13.3 Å². The summed E-state index contributed by atoms with van der Waals surface area (Å²) < 4.78 is 15.6. The number of barbiturate groups is 1. The van der Waals surface area contributed by atoms with Crippen LogP contribution in [0.15, 0.2) is 54.6 Å². The van der Waals surface area contributed by atoms with Crippen molar-refractivity contribution in [2.75, 3.05) is 25.7 Å². The third-order valence-corrected chi connectivity index (χ3v) is 5.07. The summed E-state index contributed by atoms with van der Waals surface area (Å²) in [6.45, 7) is 5.16. The van der Waals surface area contributed by atoms with E-state index in [1.54, 1.807) is 49.4 Å². The number of nitrogens with one attached hydrogen (secondary N) is 1. The normalized spacial score (nSPS) is 14.6. The Hall–Kier alpha value is -4.40. The Bertz CT molecular complexity index is 1200. The first kappa shape index (κ1) is 24.2. The molecule has 1 N–H and O–H groups in total. The molecule has 34 heavy (non-hydrogen) atoms. The molecule has 0 bridgehead atoms. The Morgan fingerprint density at radius 3 is 2.53 bits per heavy atom. The number of carbonyl (C=O) groups is 4. The van der Waals surface area contributed by atoms with Gasteiger partial charge in [0.25, 0.3) is 11.8 Å². The SMILES string of the molecule is C=CCc1cc(/C=C2\C(=O)NC(=O)N(c3ccccc3C)C2=O)cc(OC)c1OCC(=O)OC. The third kappa shape index (κ3) is 4.98. The number of para-hydroxylation sites is 1. The Morgan fingerprint density at radius 1 is 1.15 bits per heavy atom. The fourth-order valence-electron chi connectivity index (χ4n) is 3.44. The van der Waals surface area contributed by atoms with Crippen molar-refractivity contribution in [2.24, 2.45) is 0 Å². The molecule has 0 aromatic heterocycles. The smallest absolute Gasteiger partial charge is 0.343 e. The number of methoxy groups -OCH3 is 2. The molecule has 1 heterocycles. The molecular weight excluding hydrogens is 440 g/mol. The Kier molecular flexibility index (Phi) is 7.47. The maximum Gasteiger partial charge on any atom is 0.343 e. The molecule has 0 spiro atoms. The maximum absolute atomic E-state index is 13.2. The van der Waals surface area contributed by atoms with Crippen LogP contribution in [0.25, 0.3) is 6.08 Å². The third-order valence-electron chi connectivity index (χ3n) is 5.07. The summed E-state index contributed by atoms with van der Waals surface area (Å²) in [7, 11) is 2.67. The highest BCUT2D eigenvalue weighted by Gasteiger charge is 2.37. The van der Waals surface area contributed by atoms with E-state index in [0.29, 0.717) is 34.5 Å². The molecule has 0 aliphatic carbocycles. The number of benzene rings is 2. The molecule has 0 unspecified atom stereocenters. The van der Waals surface area contributed by atoms with Gasteiger partial charge in [-0.15, -0.1) is 6.58 Å². The highest BCUT2D eigenvalue weighted by atomic mass is 16.6. The van der Waals surface area contributed by atoms with E-state index in [1.165, 1.54) is 20.3 Å². The van der Waals surface area contributed by atoms with Gasteiger partial charge in [0.1, 0.15) is 5.57 Å². The van der Waals surface area contributed by atoms with E-state index in [1.807, 2.05) is 0 Å². The number of imide groups is 2. The molecule has 4 amide bonds. The van der Waals surface area contributed by atoms with Crippen LogP contribution in [-0.4, -0.2) is 44.6 Å². The molecular formula is C25H24N2O7. The summed E-state index contributed by atoms with van der Waals surface area (Å²) in [4.78, 5) is 50.7. The first-order valence-corrected chi connectivity index (χ1v) is 10.3. The van der Waals surface area contributed by atoms with E-state index >= 15 is 0 Å². The van der Waals surface area contributed by atoms with Crippen molar-refractivity contribution in [3.8, 4) is 11.5 Å². The van der Waals surface area contributed by atoms with Crippen molar-refractivity contribution < 1.29 is 33.4 Å². The summed E-state index contributed by atoms with van der Waals surface area (Å²) in [5.41, 5.74) is 1.91. The number of ether oxygens (including phenoxy) is 3. The van der Waals surface area contributed by atoms with Gasteiger partial charge in [-0.25, -0.2) is 14.5 Å². The topological polar surface area (TPSA) is 111 Å². The first-order chi connectivity index (χ1) is 16.3. The van der Waals surface area contributed by atoms with E-state index in [2.05, 4.69) is 16.6 Å². The molecule has 3 rings (SSSR count). The minimum atomic E-state index is -0.821. The second-order valence-corrected chi connectivity index (χ2v) is 7.31. The van der Waals surface area contributed by atoms with Crippen LogP contribution in [0.1, 0.15) is 16.7 Å². The number of anilines is 1. The van der Waals surface area contributed by atoms with E-state index in [9.17, 15) is 19.2 Å². The zero-order valence-electron chi connectivity index (χ0n) is 19.0. The van der Waals surface area contributed by atoms with Gasteiger partial charge in [-0.05, 0) is 48.7 Å². The minimum absolute atomic E-state index is 0.224. The molecule has 9 heteroatoms. The van der Waals surface area contributed by atoms with Crippen molar-refractivity contribution >= 4 is 35.6 Å². The molecule has 9 nitrogen and oxygen atoms in total. The highest BCUT2D eigenvalue weighted by molar-refractivity contribution is 6.39. The molecule has 0 saturated carbocycles. The molecule has 0 atom stereocenters. The lowest BCUT2D eigenvalue weighted by Crippen LogP contribution is -2.54. The van der Waals surface area contributed by atoms with Gasteiger partial charge in [-0.1, -0.05) is 24.3 Å². The van der Waals surface area contributed by atoms with Gasteiger partial charge in [-0.3, -0.25) is 14.9 Å². The van der Waals surface area contributed by atoms with Gasteiger partial charge in [0.05, 0.1) is 19.9 Å². The van der Waals surface area contributed by atoms with Crippen molar-refractivity contribution in [1.29, 1.82) is 0 Å². The average molecular weight is 464 g/mol. The first-order valence-electron chi connectivity index (χ1n) is 10.3. The van der Waals surface area contributed by atoms with Gasteiger partial charge in [0, 0.05) is 5.56 Å². The van der Waals surface area contributed by atoms with E-state index in [-0.39, 0.29) is 17.9 Å². The number of amides is 4. The van der Waals surface area contributed by atoms with Crippen LogP contribution in [-0.2, 0) is 25.5 Å². The number of hydrogen-bond acceptors (Lipinski definition) is 7. The maximum atomic E-state index is 13.2. The Balaban J connectivity index is 2.05. The lowest BCUT2D eigenvalue weighted by atomic mass is 10.0. The lowest BCUT2D eigenvalue weighted by Gasteiger charge is -2.27. The summed E-state index contributed by atoms with van der Waals surface area (Å²) in [6, 6.07) is 9.28. The van der Waals surface area contributed by atoms with E-state index in [4.69, 9.17) is 9.47 Å². The molecule has 2 aromatic carbocycles. The number of nitrogens with zero attached hydrogens (tertiary/aromatic N) is 1. The molecule has 2 aromatic rings. The molecule has 0 radical (unpaired) electrons. The zero-order valence-corrected chi connectivity index (χ0v) is 19.0. The molecule has 1 aliphatic rings. The molecule has 1 aliphatic heterocycles. The second-order valence-electron chi connectivity index (χ2n) is 7.31. The fourth-order valence-corrected chi connectivity index (χ4v) is 3.44. The minimum Gasteiger partial charge on any atom is -0.493 e. The summed E-state index contributed by atoms with van der Waals surface area (Å²) in [6.07, 6.45) is 3.36. The zero-order chi connectivity index (χ0) is 24.8. The van der Waals surface area contributed by atoms with Gasteiger partial charge in [0.2, 0.25) is 0 Å². The molecule has 176 valence electrons. The van der Waals surface area contributed by atoms with Gasteiger partial charge < -0.3 is 14.2 Å². The quantitative estimate of drug-likeness (QED) is 0.277. The number of rotatable bonds is 8. The van der Waals surface area contributed by atoms with E-state index in [0.717, 1.165) is 4.90 Å². The standard InChI is InChI=1S/C25H24N2O7/c1-5-8-17-11-16(13-20(32-3)22(17)34-14-21(28)33-4)12-18-23(29)26-25(31)27(24(18)30)19-10-7-6-9-15(19)2/h5-7,9-13H,1,8,14H2,2-4H3,(H,26,29,31)/b18-12+. The van der Waals surface area contributed by atoms with Crippen molar-refractivity contribution in [3.05, 3.63) is 71.3 Å². The van der Waals surface area contributed by atoms with Crippen LogP contribution in [0.2, 0.25) is 0 Å². The van der Waals surface area contributed by atoms with E-state index < -0.39 is 23.8 Å². The fraction of sp³-hybridized carbons (Fsp3) is 0.200. The van der Waals surface area contributed by atoms with Crippen LogP contribution < -0.4 is 19.7 Å². The molecule has 1 fully saturated rings. The summed E-state index contributed by atoms with van der Waals surface area (Å²) >= 11 is 0. The number of esters is 1. The van der Waals surface area contributed by atoms with Gasteiger partial charge in [-0.2, -0.15) is 0 Å². The number of carbonyl (C=O) groups excluding carboxylic acids is 4. The highest BCUT2D eigenvalue weighted by Crippen LogP contribution is 2.35. The van der Waals surface area contributed by atoms with Crippen LogP contribution >= 0.6 is 0 Å². The lowest BCUT2D eigenvalue weighted by molar-refractivity contribution is -0.143. The number of urea groups is 1. The van der Waals surface area contributed by atoms with Crippen molar-refractivity contribution in [3.63, 3.8) is 0 Å². The predicted octanol–water partition coefficient (Wildman–Crippen LogP) is 2.95. The van der Waals surface area contributed by atoms with Gasteiger partial charge in [0.15, 0.2) is 18.1 Å². The Labute approximate surface area is 196 Å². The predicted molar refractivity (Wildman–Crippen MR) is 125 cm³/mol. The number of allylic oxidation sites excluding steroid dienone is 1. The Morgan fingerprint density at radius 2 is 1.88 bits per heavy atom. The summed E-state index contributed by atoms with van der Waals surface area (Å²) in [5, 5.41) is 2.21. The van der Waals surface area contributed by atoms with Crippen LogP contribution in [0.4, 0.5) is 10.5 Å². The van der Waals surface area contributed by atoms with Gasteiger partial charge >= 0.3 is 12.0 Å². The monoisotopic (exact) mass is 464 g/mol. The van der Waals surface area contributed by atoms with Crippen LogP contribution in [0.3, 0.4) is 0 Å². The summed E-state index contributed by atoms with van der Waals surface area (Å²) in [5.74, 6) is -1.53. The average Bonchev–Trinajstić information content (AvgIpc) is 2.81. The molecule has 1 saturated heterocycles. The number of aryl methyl sites for hydroxylation is 1. The second kappa shape index (κ2) is 10.5. The largest absolute Gasteiger partial charge is 0.493 e. The van der Waals surface area contributed by atoms with Crippen molar-refractivity contribution in [1.82, 2.24) is 5.32 Å². The number of hydrogen-bond donors (Lipinski definition) is 1. The van der Waals surface area contributed by atoms with Crippen LogP contribution in [0.5, 0.6) is 11.5 Å². The van der Waals surface area contributed by atoms with Crippen LogP contribution in [0, 0.1) is 6.92 Å².